The first kappa shape index (κ1) is 12.8. The fourth-order valence-electron chi connectivity index (χ4n) is 2.00. The first-order chi connectivity index (χ1) is 8.60. The Hall–Kier alpha value is -1.61. The molecule has 0 radical (unpaired) electrons. The van der Waals surface area contributed by atoms with Crippen LogP contribution in [0, 0.1) is 12.7 Å². The summed E-state index contributed by atoms with van der Waals surface area (Å²) in [5, 5.41) is 9.73. The molecule has 1 unspecified atom stereocenters. The molecule has 0 aliphatic rings. The van der Waals surface area contributed by atoms with Crippen molar-refractivity contribution in [2.24, 2.45) is 0 Å². The largest absolute Gasteiger partial charge is 0.388 e. The lowest BCUT2D eigenvalue weighted by molar-refractivity contribution is 0.173. The Morgan fingerprint density at radius 2 is 2.11 bits per heavy atom. The van der Waals surface area contributed by atoms with E-state index in [9.17, 15) is 9.50 Å². The molecule has 0 aliphatic carbocycles. The molecule has 1 atom stereocenters. The monoisotopic (exact) mass is 247 g/mol. The molecule has 0 spiro atoms. The molecule has 0 saturated carbocycles. The van der Waals surface area contributed by atoms with Gasteiger partial charge in [0, 0.05) is 18.9 Å². The lowest BCUT2D eigenvalue weighted by Gasteiger charge is -2.08. The zero-order chi connectivity index (χ0) is 13.1. The topological polar surface area (TPSA) is 25.2 Å². The second-order valence-corrected chi connectivity index (χ2v) is 4.61. The highest BCUT2D eigenvalue weighted by Crippen LogP contribution is 2.18. The van der Waals surface area contributed by atoms with E-state index >= 15 is 0 Å². The van der Waals surface area contributed by atoms with Crippen molar-refractivity contribution in [3.63, 3.8) is 0 Å². The van der Waals surface area contributed by atoms with E-state index in [0.29, 0.717) is 13.0 Å². The van der Waals surface area contributed by atoms with E-state index in [1.54, 1.807) is 12.1 Å². The Kier molecular flexibility index (Phi) is 3.82. The number of aryl methyl sites for hydroxylation is 1. The van der Waals surface area contributed by atoms with Crippen LogP contribution in [0.15, 0.2) is 36.7 Å². The van der Waals surface area contributed by atoms with E-state index in [4.69, 9.17) is 0 Å². The van der Waals surface area contributed by atoms with Gasteiger partial charge in [-0.25, -0.2) is 4.39 Å². The third kappa shape index (κ3) is 2.79. The molecular weight excluding hydrogens is 229 g/mol. The zero-order valence-corrected chi connectivity index (χ0v) is 10.7. The molecule has 2 nitrogen and oxygen atoms in total. The quantitative estimate of drug-likeness (QED) is 0.879. The molecule has 18 heavy (non-hydrogen) atoms. The molecular formula is C15H18FNO. The molecule has 0 aliphatic heterocycles. The Labute approximate surface area is 107 Å². The molecule has 2 aromatic rings. The van der Waals surface area contributed by atoms with E-state index in [-0.39, 0.29) is 5.82 Å². The Balaban J connectivity index is 2.18. The van der Waals surface area contributed by atoms with Crippen molar-refractivity contribution in [3.8, 4) is 0 Å². The molecule has 1 aromatic carbocycles. The molecule has 0 bridgehead atoms. The summed E-state index contributed by atoms with van der Waals surface area (Å²) in [7, 11) is 0. The van der Waals surface area contributed by atoms with Gasteiger partial charge in [-0.15, -0.1) is 0 Å². The van der Waals surface area contributed by atoms with Gasteiger partial charge >= 0.3 is 0 Å². The summed E-state index contributed by atoms with van der Waals surface area (Å²) in [5.74, 6) is -0.212. The highest BCUT2D eigenvalue weighted by atomic mass is 19.1. The third-order valence-electron chi connectivity index (χ3n) is 3.21. The second kappa shape index (κ2) is 5.36. The van der Waals surface area contributed by atoms with E-state index in [0.717, 1.165) is 16.7 Å². The minimum Gasteiger partial charge on any atom is -0.388 e. The number of nitrogens with zero attached hydrogens (tertiary/aromatic N) is 1. The normalized spacial score (nSPS) is 12.7. The molecule has 0 fully saturated rings. The van der Waals surface area contributed by atoms with Crippen molar-refractivity contribution in [3.05, 3.63) is 59.2 Å². The van der Waals surface area contributed by atoms with Gasteiger partial charge in [0.25, 0.3) is 0 Å². The maximum atomic E-state index is 13.2. The predicted octanol–water partition coefficient (Wildman–Crippen LogP) is 3.43. The van der Waals surface area contributed by atoms with Crippen molar-refractivity contribution >= 4 is 0 Å². The molecule has 2 rings (SSSR count). The summed E-state index contributed by atoms with van der Waals surface area (Å²) >= 11 is 0. The van der Waals surface area contributed by atoms with Crippen LogP contribution < -0.4 is 0 Å². The summed E-state index contributed by atoms with van der Waals surface area (Å²) in [4.78, 5) is 0. The van der Waals surface area contributed by atoms with Crippen LogP contribution in [0.4, 0.5) is 4.39 Å². The number of aromatic nitrogens is 1. The van der Waals surface area contributed by atoms with E-state index in [1.165, 1.54) is 6.07 Å². The highest BCUT2D eigenvalue weighted by Gasteiger charge is 2.07. The van der Waals surface area contributed by atoms with Crippen LogP contribution in [0.25, 0.3) is 0 Å². The van der Waals surface area contributed by atoms with Crippen molar-refractivity contribution < 1.29 is 9.50 Å². The van der Waals surface area contributed by atoms with Gasteiger partial charge in [-0.05, 0) is 48.2 Å². The second-order valence-electron chi connectivity index (χ2n) is 4.61. The van der Waals surface area contributed by atoms with Gasteiger partial charge in [-0.3, -0.25) is 0 Å². The molecule has 3 heteroatoms. The van der Waals surface area contributed by atoms with Crippen LogP contribution in [-0.2, 0) is 6.54 Å². The average molecular weight is 247 g/mol. The number of benzene rings is 1. The minimum absolute atomic E-state index is 0.212. The smallest absolute Gasteiger partial charge is 0.123 e. The molecule has 0 saturated heterocycles. The molecule has 96 valence electrons. The van der Waals surface area contributed by atoms with Crippen LogP contribution in [0.3, 0.4) is 0 Å². The van der Waals surface area contributed by atoms with E-state index in [1.807, 2.05) is 36.9 Å². The SMILES string of the molecule is CCC(O)c1ccn(Cc2cc(F)ccc2C)c1. The summed E-state index contributed by atoms with van der Waals surface area (Å²) in [6, 6.07) is 6.73. The van der Waals surface area contributed by atoms with E-state index < -0.39 is 6.10 Å². The van der Waals surface area contributed by atoms with Gasteiger partial charge in [0.15, 0.2) is 0 Å². The number of hydrogen-bond donors (Lipinski definition) is 1. The predicted molar refractivity (Wildman–Crippen MR) is 69.9 cm³/mol. The Morgan fingerprint density at radius 1 is 1.33 bits per heavy atom. The summed E-state index contributed by atoms with van der Waals surface area (Å²) in [6.45, 7) is 4.54. The number of halogens is 1. The van der Waals surface area contributed by atoms with Gasteiger partial charge < -0.3 is 9.67 Å². The van der Waals surface area contributed by atoms with E-state index in [2.05, 4.69) is 0 Å². The number of hydrogen-bond acceptors (Lipinski definition) is 1. The lowest BCUT2D eigenvalue weighted by Crippen LogP contribution is -2.00. The van der Waals surface area contributed by atoms with Crippen LogP contribution in [0.2, 0.25) is 0 Å². The molecule has 1 aromatic heterocycles. The fourth-order valence-corrected chi connectivity index (χ4v) is 2.00. The van der Waals surface area contributed by atoms with Gasteiger partial charge in [0.1, 0.15) is 5.82 Å². The maximum Gasteiger partial charge on any atom is 0.123 e. The summed E-state index contributed by atoms with van der Waals surface area (Å²) < 4.78 is 15.2. The van der Waals surface area contributed by atoms with Gasteiger partial charge in [0.05, 0.1) is 6.10 Å². The number of aliphatic hydroxyl groups excluding tert-OH is 1. The van der Waals surface area contributed by atoms with Gasteiger partial charge in [0.2, 0.25) is 0 Å². The molecule has 1 N–H and O–H groups in total. The summed E-state index contributed by atoms with van der Waals surface area (Å²) in [5.41, 5.74) is 2.94. The maximum absolute atomic E-state index is 13.2. The van der Waals surface area contributed by atoms with Crippen LogP contribution >= 0.6 is 0 Å². The first-order valence-electron chi connectivity index (χ1n) is 6.19. The summed E-state index contributed by atoms with van der Waals surface area (Å²) in [6.07, 6.45) is 4.11. The lowest BCUT2D eigenvalue weighted by atomic mass is 10.1. The van der Waals surface area contributed by atoms with Crippen molar-refractivity contribution in [1.82, 2.24) is 4.57 Å². The Morgan fingerprint density at radius 3 is 2.83 bits per heavy atom. The zero-order valence-electron chi connectivity index (χ0n) is 10.7. The van der Waals surface area contributed by atoms with Crippen LogP contribution in [0.1, 0.15) is 36.1 Å². The van der Waals surface area contributed by atoms with Crippen LogP contribution in [-0.4, -0.2) is 9.67 Å². The fraction of sp³-hybridized carbons (Fsp3) is 0.333. The minimum atomic E-state index is -0.417. The molecule has 1 heterocycles. The number of aliphatic hydroxyl groups is 1. The Bertz CT molecular complexity index is 533. The standard InChI is InChI=1S/C15H18FNO/c1-3-15(18)12-6-7-17(9-12)10-13-8-14(16)5-4-11(13)2/h4-9,15,18H,3,10H2,1-2H3. The number of rotatable bonds is 4. The molecule has 0 amide bonds. The van der Waals surface area contributed by atoms with Gasteiger partial charge in [-0.2, -0.15) is 0 Å². The van der Waals surface area contributed by atoms with Gasteiger partial charge in [-0.1, -0.05) is 13.0 Å². The van der Waals surface area contributed by atoms with Crippen LogP contribution in [0.5, 0.6) is 0 Å². The third-order valence-corrected chi connectivity index (χ3v) is 3.21. The van der Waals surface area contributed by atoms with Crippen molar-refractivity contribution in [1.29, 1.82) is 0 Å². The first-order valence-corrected chi connectivity index (χ1v) is 6.19. The van der Waals surface area contributed by atoms with Crippen molar-refractivity contribution in [2.45, 2.75) is 32.9 Å². The van der Waals surface area contributed by atoms with Crippen molar-refractivity contribution in [2.75, 3.05) is 0 Å². The average Bonchev–Trinajstić information content (AvgIpc) is 2.81. The highest BCUT2D eigenvalue weighted by molar-refractivity contribution is 5.27.